The van der Waals surface area contributed by atoms with E-state index in [1.165, 1.54) is 25.2 Å². The van der Waals surface area contributed by atoms with E-state index in [0.717, 1.165) is 4.88 Å². The van der Waals surface area contributed by atoms with Crippen molar-refractivity contribution in [1.29, 1.82) is 0 Å². The number of halogens is 1. The molecule has 2 aromatic rings. The van der Waals surface area contributed by atoms with Gasteiger partial charge < -0.3 is 4.52 Å². The molecule has 6 heteroatoms. The minimum absolute atomic E-state index is 0.0158. The lowest BCUT2D eigenvalue weighted by molar-refractivity contribution is 0.155. The van der Waals surface area contributed by atoms with Crippen LogP contribution in [0.4, 0.5) is 4.39 Å². The summed E-state index contributed by atoms with van der Waals surface area (Å²) >= 11 is 1.51. The van der Waals surface area contributed by atoms with Crippen molar-refractivity contribution in [2.75, 3.05) is 0 Å². The maximum absolute atomic E-state index is 13.4. The normalized spacial score (nSPS) is 11.9. The average molecular weight is 227 g/mol. The van der Waals surface area contributed by atoms with E-state index in [1.807, 2.05) is 0 Å². The molecule has 80 valence electrons. The van der Waals surface area contributed by atoms with Crippen LogP contribution in [0.15, 0.2) is 16.2 Å². The van der Waals surface area contributed by atoms with Crippen LogP contribution >= 0.6 is 11.3 Å². The van der Waals surface area contributed by atoms with E-state index in [4.69, 9.17) is 4.52 Å². The lowest BCUT2D eigenvalue weighted by atomic mass is 10.2. The maximum Gasteiger partial charge on any atom is 0.263 e. The fourth-order valence-corrected chi connectivity index (χ4v) is 1.64. The number of hydrogen-bond donors (Lipinski definition) is 0. The van der Waals surface area contributed by atoms with Crippen molar-refractivity contribution in [3.8, 4) is 0 Å². The van der Waals surface area contributed by atoms with Crippen LogP contribution in [0.5, 0.6) is 0 Å². The Labute approximate surface area is 90.2 Å². The largest absolute Gasteiger partial charge is 0.336 e. The molecule has 0 aliphatic heterocycles. The van der Waals surface area contributed by atoms with E-state index >= 15 is 0 Å². The molecule has 0 aliphatic rings. The molecule has 0 atom stereocenters. The van der Waals surface area contributed by atoms with E-state index in [-0.39, 0.29) is 5.89 Å². The van der Waals surface area contributed by atoms with Crippen LogP contribution in [0.25, 0.3) is 0 Å². The number of aromatic nitrogens is 3. The molecule has 0 amide bonds. The molecule has 2 heterocycles. The number of hydrogen-bond acceptors (Lipinski definition) is 5. The van der Waals surface area contributed by atoms with Gasteiger partial charge >= 0.3 is 0 Å². The number of alkyl halides is 1. The molecule has 0 fully saturated rings. The summed E-state index contributed by atoms with van der Waals surface area (Å²) in [5.41, 5.74) is 0.147. The van der Waals surface area contributed by atoms with Crippen LogP contribution in [-0.4, -0.2) is 15.1 Å². The molecule has 0 aliphatic carbocycles. The average Bonchev–Trinajstić information content (AvgIpc) is 2.73. The second-order valence-corrected chi connectivity index (χ2v) is 4.60. The van der Waals surface area contributed by atoms with E-state index in [1.54, 1.807) is 11.7 Å². The molecule has 0 saturated heterocycles. The first kappa shape index (κ1) is 10.2. The van der Waals surface area contributed by atoms with Crippen LogP contribution in [0.1, 0.15) is 30.4 Å². The number of nitrogens with zero attached hydrogens (tertiary/aromatic N) is 3. The predicted molar refractivity (Wildman–Crippen MR) is 53.4 cm³/mol. The smallest absolute Gasteiger partial charge is 0.263 e. The minimum atomic E-state index is -1.58. The van der Waals surface area contributed by atoms with E-state index in [9.17, 15) is 4.39 Å². The summed E-state index contributed by atoms with van der Waals surface area (Å²) in [6.07, 6.45) is 2.27. The molecular formula is C9H10FN3OS. The zero-order valence-electron chi connectivity index (χ0n) is 8.40. The highest BCUT2D eigenvalue weighted by Crippen LogP contribution is 2.23. The van der Waals surface area contributed by atoms with E-state index in [2.05, 4.69) is 15.1 Å². The molecule has 2 rings (SSSR count). The van der Waals surface area contributed by atoms with Crippen LogP contribution in [0.3, 0.4) is 0 Å². The third-order valence-corrected chi connectivity index (χ3v) is 2.57. The van der Waals surface area contributed by atoms with Crippen molar-refractivity contribution in [2.24, 2.45) is 0 Å². The fourth-order valence-electron chi connectivity index (χ4n) is 1.05. The summed E-state index contributed by atoms with van der Waals surface area (Å²) in [7, 11) is 0. The first-order chi connectivity index (χ1) is 7.05. The molecular weight excluding hydrogens is 217 g/mol. The van der Waals surface area contributed by atoms with Crippen molar-refractivity contribution in [1.82, 2.24) is 15.1 Å². The molecule has 0 spiro atoms. The van der Waals surface area contributed by atoms with Crippen molar-refractivity contribution >= 4 is 11.3 Å². The van der Waals surface area contributed by atoms with Gasteiger partial charge in [0.1, 0.15) is 0 Å². The maximum atomic E-state index is 13.4. The second-order valence-electron chi connectivity index (χ2n) is 3.63. The first-order valence-electron chi connectivity index (χ1n) is 4.45. The Balaban J connectivity index is 2.15. The van der Waals surface area contributed by atoms with Gasteiger partial charge in [-0.1, -0.05) is 5.16 Å². The predicted octanol–water partition coefficient (Wildman–Crippen LogP) is 2.32. The van der Waals surface area contributed by atoms with Gasteiger partial charge in [0.2, 0.25) is 0 Å². The van der Waals surface area contributed by atoms with Gasteiger partial charge in [0, 0.05) is 17.5 Å². The Morgan fingerprint density at radius 2 is 2.33 bits per heavy atom. The van der Waals surface area contributed by atoms with Gasteiger partial charge in [0.05, 0.1) is 5.51 Å². The Hall–Kier alpha value is -1.30. The zero-order valence-corrected chi connectivity index (χ0v) is 9.21. The standard InChI is InChI=1S/C9H10FN3OS/c1-9(2,10)8-12-7(13-14-8)3-6-4-11-5-15-6/h4-5H,3H2,1-2H3. The van der Waals surface area contributed by atoms with Gasteiger partial charge in [-0.15, -0.1) is 11.3 Å². The Kier molecular flexibility index (Phi) is 2.52. The zero-order chi connectivity index (χ0) is 10.9. The van der Waals surface area contributed by atoms with E-state index in [0.29, 0.717) is 12.2 Å². The van der Waals surface area contributed by atoms with Crippen LogP contribution in [-0.2, 0) is 12.1 Å². The first-order valence-corrected chi connectivity index (χ1v) is 5.33. The number of thiazole rings is 1. The quantitative estimate of drug-likeness (QED) is 0.807. The highest BCUT2D eigenvalue weighted by atomic mass is 32.1. The Bertz CT molecular complexity index is 432. The third-order valence-electron chi connectivity index (χ3n) is 1.79. The van der Waals surface area contributed by atoms with Crippen molar-refractivity contribution in [2.45, 2.75) is 25.9 Å². The lowest BCUT2D eigenvalue weighted by Gasteiger charge is -2.05. The topological polar surface area (TPSA) is 51.8 Å². The molecule has 0 aromatic carbocycles. The van der Waals surface area contributed by atoms with Gasteiger partial charge in [-0.05, 0) is 13.8 Å². The summed E-state index contributed by atoms with van der Waals surface area (Å²) in [4.78, 5) is 8.94. The Morgan fingerprint density at radius 3 is 2.87 bits per heavy atom. The van der Waals surface area contributed by atoms with Gasteiger partial charge in [0.15, 0.2) is 11.5 Å². The summed E-state index contributed by atoms with van der Waals surface area (Å²) in [6, 6.07) is 0. The van der Waals surface area contributed by atoms with Gasteiger partial charge in [-0.25, -0.2) is 4.39 Å². The molecule has 4 nitrogen and oxygen atoms in total. The summed E-state index contributed by atoms with van der Waals surface area (Å²) in [6.45, 7) is 2.77. The van der Waals surface area contributed by atoms with Crippen molar-refractivity contribution in [3.63, 3.8) is 0 Å². The SMILES string of the molecule is CC(C)(F)c1nc(Cc2cncs2)no1. The highest BCUT2D eigenvalue weighted by molar-refractivity contribution is 7.09. The second kappa shape index (κ2) is 3.69. The van der Waals surface area contributed by atoms with Crippen LogP contribution in [0, 0.1) is 0 Å². The highest BCUT2D eigenvalue weighted by Gasteiger charge is 2.26. The number of rotatable bonds is 3. The summed E-state index contributed by atoms with van der Waals surface area (Å²) in [5.74, 6) is 0.502. The third kappa shape index (κ3) is 2.38. The minimum Gasteiger partial charge on any atom is -0.336 e. The molecule has 2 aromatic heterocycles. The molecule has 0 bridgehead atoms. The molecule has 15 heavy (non-hydrogen) atoms. The molecule has 0 unspecified atom stereocenters. The lowest BCUT2D eigenvalue weighted by Crippen LogP contribution is -2.09. The van der Waals surface area contributed by atoms with E-state index < -0.39 is 5.67 Å². The van der Waals surface area contributed by atoms with Gasteiger partial charge in [-0.3, -0.25) is 4.98 Å². The summed E-state index contributed by atoms with van der Waals surface area (Å²) in [5, 5.41) is 3.71. The Morgan fingerprint density at radius 1 is 1.53 bits per heavy atom. The van der Waals surface area contributed by atoms with Crippen LogP contribution < -0.4 is 0 Å². The monoisotopic (exact) mass is 227 g/mol. The van der Waals surface area contributed by atoms with Crippen LogP contribution in [0.2, 0.25) is 0 Å². The molecule has 0 saturated carbocycles. The van der Waals surface area contributed by atoms with Gasteiger partial charge in [0.25, 0.3) is 5.89 Å². The van der Waals surface area contributed by atoms with Crippen molar-refractivity contribution < 1.29 is 8.91 Å². The molecule has 0 N–H and O–H groups in total. The van der Waals surface area contributed by atoms with Gasteiger partial charge in [-0.2, -0.15) is 4.98 Å². The molecule has 0 radical (unpaired) electrons. The summed E-state index contributed by atoms with van der Waals surface area (Å²) < 4.78 is 18.2. The fraction of sp³-hybridized carbons (Fsp3) is 0.444. The van der Waals surface area contributed by atoms with Crippen molar-refractivity contribution in [3.05, 3.63) is 28.3 Å².